The van der Waals surface area contributed by atoms with Crippen LogP contribution in [0.15, 0.2) is 54.2 Å². The van der Waals surface area contributed by atoms with Gasteiger partial charge in [-0.05, 0) is 50.0 Å². The molecule has 254 valence electrons. The Balaban J connectivity index is 1.01. The number of carbonyl (C=O) groups excluding carboxylic acids is 2. The lowest BCUT2D eigenvalue weighted by Crippen LogP contribution is -2.47. The number of fused-ring (bicyclic) bond motifs is 1. The van der Waals surface area contributed by atoms with Gasteiger partial charge in [0.15, 0.2) is 11.5 Å². The second-order valence-electron chi connectivity index (χ2n) is 13.7. The minimum absolute atomic E-state index is 0.0897. The number of hydrogen-bond donors (Lipinski definition) is 0. The molecular formula is C34H36F5N7O2. The number of halogens is 5. The van der Waals surface area contributed by atoms with Gasteiger partial charge in [-0.3, -0.25) is 9.59 Å². The highest BCUT2D eigenvalue weighted by Gasteiger charge is 2.52. The zero-order valence-corrected chi connectivity index (χ0v) is 26.7. The molecule has 48 heavy (non-hydrogen) atoms. The number of likely N-dealkylation sites (tertiary alicyclic amines) is 2. The van der Waals surface area contributed by atoms with Crippen molar-refractivity contribution in [3.05, 3.63) is 82.4 Å². The third-order valence-electron chi connectivity index (χ3n) is 10.5. The fourth-order valence-electron chi connectivity index (χ4n) is 7.81. The smallest absolute Gasteiger partial charge is 0.377 e. The van der Waals surface area contributed by atoms with Crippen LogP contribution in [0.4, 0.5) is 22.0 Å². The molecule has 1 aromatic carbocycles. The quantitative estimate of drug-likeness (QED) is 0.323. The zero-order valence-electron chi connectivity index (χ0n) is 26.7. The highest BCUT2D eigenvalue weighted by Crippen LogP contribution is 2.46. The molecule has 0 N–H and O–H groups in total. The molecule has 1 saturated carbocycles. The maximum absolute atomic E-state index is 13.7. The van der Waals surface area contributed by atoms with Crippen LogP contribution in [0.3, 0.4) is 0 Å². The summed E-state index contributed by atoms with van der Waals surface area (Å²) in [7, 11) is 0. The average Bonchev–Trinajstić information content (AvgIpc) is 3.81. The number of aromatic nitrogens is 4. The normalized spacial score (nSPS) is 23.8. The Hall–Kier alpha value is -4.36. The lowest BCUT2D eigenvalue weighted by molar-refractivity contribution is -0.159. The summed E-state index contributed by atoms with van der Waals surface area (Å²) in [5, 5.41) is 11.4. The van der Waals surface area contributed by atoms with E-state index in [1.807, 2.05) is 18.2 Å². The Labute approximate surface area is 274 Å². The van der Waals surface area contributed by atoms with Crippen LogP contribution in [0.2, 0.25) is 0 Å². The van der Waals surface area contributed by atoms with E-state index in [2.05, 4.69) is 38.5 Å². The molecule has 14 heteroatoms. The maximum atomic E-state index is 13.7. The summed E-state index contributed by atoms with van der Waals surface area (Å²) >= 11 is 0. The number of hydrogen-bond acceptors (Lipinski definition) is 6. The van der Waals surface area contributed by atoms with Gasteiger partial charge in [-0.15, -0.1) is 10.2 Å². The second-order valence-corrected chi connectivity index (χ2v) is 13.7. The monoisotopic (exact) mass is 669 g/mol. The molecule has 0 radical (unpaired) electrons. The minimum Gasteiger partial charge on any atom is -0.377 e. The van der Waals surface area contributed by atoms with Crippen LogP contribution in [0.5, 0.6) is 0 Å². The van der Waals surface area contributed by atoms with Gasteiger partial charge < -0.3 is 14.7 Å². The molecule has 1 aliphatic carbocycles. The fraction of sp³-hybridized carbons (Fsp3) is 0.500. The van der Waals surface area contributed by atoms with E-state index in [-0.39, 0.29) is 41.8 Å². The first-order valence-corrected chi connectivity index (χ1v) is 16.2. The number of aryl methyl sites for hydroxylation is 1. The van der Waals surface area contributed by atoms with Crippen molar-refractivity contribution >= 4 is 11.8 Å². The van der Waals surface area contributed by atoms with E-state index in [0.29, 0.717) is 43.1 Å². The van der Waals surface area contributed by atoms with Gasteiger partial charge in [-0.1, -0.05) is 30.3 Å². The summed E-state index contributed by atoms with van der Waals surface area (Å²) in [6.45, 7) is 6.94. The van der Waals surface area contributed by atoms with Crippen molar-refractivity contribution in [2.75, 3.05) is 39.3 Å². The number of benzene rings is 1. The van der Waals surface area contributed by atoms with E-state index in [9.17, 15) is 31.5 Å². The Morgan fingerprint density at radius 1 is 0.979 bits per heavy atom. The van der Waals surface area contributed by atoms with Crippen molar-refractivity contribution in [3.63, 3.8) is 0 Å². The molecule has 2 unspecified atom stereocenters. The Bertz CT molecular complexity index is 1750. The van der Waals surface area contributed by atoms with Gasteiger partial charge in [-0.25, -0.2) is 13.5 Å². The van der Waals surface area contributed by atoms with Crippen LogP contribution in [0.1, 0.15) is 58.7 Å². The number of alkyl halides is 5. The van der Waals surface area contributed by atoms with Gasteiger partial charge in [0, 0.05) is 75.6 Å². The average molecular weight is 670 g/mol. The van der Waals surface area contributed by atoms with Crippen LogP contribution in [-0.2, 0) is 16.4 Å². The first kappa shape index (κ1) is 32.2. The third-order valence-corrected chi connectivity index (χ3v) is 10.5. The maximum Gasteiger partial charge on any atom is 0.435 e. The number of amides is 2. The zero-order chi connectivity index (χ0) is 34.0. The fourth-order valence-corrected chi connectivity index (χ4v) is 7.81. The predicted molar refractivity (Wildman–Crippen MR) is 164 cm³/mol. The van der Waals surface area contributed by atoms with E-state index < -0.39 is 23.7 Å². The van der Waals surface area contributed by atoms with Crippen LogP contribution >= 0.6 is 0 Å². The summed E-state index contributed by atoms with van der Waals surface area (Å²) in [5.74, 6) is -3.43. The summed E-state index contributed by atoms with van der Waals surface area (Å²) in [6.07, 6.45) is -1.64. The van der Waals surface area contributed by atoms with Crippen molar-refractivity contribution in [2.24, 2.45) is 11.8 Å². The van der Waals surface area contributed by atoms with Gasteiger partial charge in [0.1, 0.15) is 0 Å². The van der Waals surface area contributed by atoms with Crippen LogP contribution in [-0.4, -0.2) is 91.7 Å². The molecule has 3 aromatic rings. The molecule has 9 nitrogen and oxygen atoms in total. The molecule has 0 bridgehead atoms. The molecule has 3 aliphatic heterocycles. The molecule has 2 atom stereocenters. The molecule has 5 heterocycles. The largest absolute Gasteiger partial charge is 0.435 e. The van der Waals surface area contributed by atoms with E-state index in [1.165, 1.54) is 10.7 Å². The number of nitrogens with zero attached hydrogens (tertiary/aromatic N) is 7. The van der Waals surface area contributed by atoms with Crippen LogP contribution in [0.25, 0.3) is 5.82 Å². The number of carbonyl (C=O) groups is 2. The molecule has 2 aromatic heterocycles. The molecule has 2 amide bonds. The molecule has 7 rings (SSSR count). The molecule has 2 saturated heterocycles. The Kier molecular flexibility index (Phi) is 7.82. The van der Waals surface area contributed by atoms with Crippen molar-refractivity contribution in [1.82, 2.24) is 34.7 Å². The first-order valence-electron chi connectivity index (χ1n) is 16.2. The lowest BCUT2D eigenvalue weighted by Gasteiger charge is -2.37. The van der Waals surface area contributed by atoms with Crippen LogP contribution < -0.4 is 0 Å². The van der Waals surface area contributed by atoms with E-state index in [1.54, 1.807) is 23.6 Å². The summed E-state index contributed by atoms with van der Waals surface area (Å²) in [6, 6.07) is 12.1. The van der Waals surface area contributed by atoms with Gasteiger partial charge in [0.25, 0.3) is 5.91 Å². The van der Waals surface area contributed by atoms with E-state index in [4.69, 9.17) is 0 Å². The van der Waals surface area contributed by atoms with Crippen molar-refractivity contribution < 1.29 is 31.5 Å². The van der Waals surface area contributed by atoms with Crippen molar-refractivity contribution in [1.29, 1.82) is 0 Å². The molecule has 3 fully saturated rings. The van der Waals surface area contributed by atoms with Gasteiger partial charge in [-0.2, -0.15) is 18.3 Å². The highest BCUT2D eigenvalue weighted by atomic mass is 19.4. The van der Waals surface area contributed by atoms with Crippen molar-refractivity contribution in [2.45, 2.75) is 57.0 Å². The van der Waals surface area contributed by atoms with Gasteiger partial charge in [0.2, 0.25) is 11.8 Å². The summed E-state index contributed by atoms with van der Waals surface area (Å²) in [4.78, 5) is 32.6. The topological polar surface area (TPSA) is 87.5 Å². The third kappa shape index (κ3) is 5.83. The molecule has 4 aliphatic rings. The lowest BCUT2D eigenvalue weighted by atomic mass is 9.76. The first-order chi connectivity index (χ1) is 22.7. The Morgan fingerprint density at radius 2 is 1.73 bits per heavy atom. The standard InChI is InChI=1S/C34H36F5N7O2/c1-21-29(22(2)46(42-21)28-9-8-27(40-41-28)34(37,38)39)31(48)45-18-24-16-43(17-25(24)19-45)12-10-32(26-6-4-3-5-7-26)11-13-44(20-32)30(47)23-14-33(35,36)15-23/h3-9,16,23,25H,10-15,17-20H2,1-2H3. The SMILES string of the molecule is Cc1nn(-c2ccc(C(F)(F)F)nn2)c(C)c1C(=O)N1CC2=CN(CCC3(c4ccccc4)CCN(C(=O)C4CC(F)(F)C4)C3)CC2C1. The van der Waals surface area contributed by atoms with Gasteiger partial charge in [0.05, 0.1) is 17.0 Å². The predicted octanol–water partition coefficient (Wildman–Crippen LogP) is 5.18. The summed E-state index contributed by atoms with van der Waals surface area (Å²) in [5.41, 5.74) is 2.25. The summed E-state index contributed by atoms with van der Waals surface area (Å²) < 4.78 is 67.2. The minimum atomic E-state index is -4.61. The molecular weight excluding hydrogens is 633 g/mol. The highest BCUT2D eigenvalue weighted by molar-refractivity contribution is 5.97. The van der Waals surface area contributed by atoms with Crippen molar-refractivity contribution in [3.8, 4) is 5.82 Å². The second kappa shape index (κ2) is 11.7. The van der Waals surface area contributed by atoms with Crippen LogP contribution in [0, 0.1) is 25.7 Å². The molecule has 0 spiro atoms. The van der Waals surface area contributed by atoms with Gasteiger partial charge >= 0.3 is 6.18 Å². The van der Waals surface area contributed by atoms with E-state index >= 15 is 0 Å². The number of rotatable bonds is 7. The van der Waals surface area contributed by atoms with E-state index in [0.717, 1.165) is 43.1 Å². The Morgan fingerprint density at radius 3 is 2.38 bits per heavy atom.